The van der Waals surface area contributed by atoms with Crippen LogP contribution in [0.1, 0.15) is 31.7 Å². The van der Waals surface area contributed by atoms with Crippen molar-refractivity contribution in [3.05, 3.63) is 48.0 Å². The minimum Gasteiger partial charge on any atom is -0.436 e. The van der Waals surface area contributed by atoms with Gasteiger partial charge < -0.3 is 9.73 Å². The van der Waals surface area contributed by atoms with Crippen molar-refractivity contribution in [2.75, 3.05) is 5.32 Å². The molecular weight excluding hydrogens is 288 g/mol. The van der Waals surface area contributed by atoms with Gasteiger partial charge in [0, 0.05) is 17.7 Å². The fraction of sp³-hybridized carbons (Fsp3) is 0.263. The van der Waals surface area contributed by atoms with E-state index in [0.29, 0.717) is 12.3 Å². The molecule has 1 heterocycles. The second-order valence-electron chi connectivity index (χ2n) is 5.67. The number of oxazole rings is 1. The molecule has 4 heteroatoms. The van der Waals surface area contributed by atoms with E-state index in [2.05, 4.69) is 17.2 Å². The summed E-state index contributed by atoms with van der Waals surface area (Å²) in [6, 6.07) is 13.5. The Morgan fingerprint density at radius 1 is 1.22 bits per heavy atom. The van der Waals surface area contributed by atoms with Gasteiger partial charge in [-0.15, -0.1) is 0 Å². The maximum absolute atomic E-state index is 11.8. The molecule has 23 heavy (non-hydrogen) atoms. The number of aromatic nitrogens is 1. The lowest BCUT2D eigenvalue weighted by molar-refractivity contribution is -0.116. The van der Waals surface area contributed by atoms with E-state index in [1.165, 1.54) is 0 Å². The second-order valence-corrected chi connectivity index (χ2v) is 5.67. The SMILES string of the molecule is CCCCC(=O)Nc1ccc2oc(-c3ccccc3C)nc2c1. The Bertz CT molecular complexity index is 836. The molecular formula is C19H20N2O2. The molecule has 0 saturated heterocycles. The van der Waals surface area contributed by atoms with Crippen LogP contribution in [-0.2, 0) is 4.79 Å². The average Bonchev–Trinajstić information content (AvgIpc) is 2.96. The molecule has 0 bridgehead atoms. The zero-order valence-electron chi connectivity index (χ0n) is 13.4. The van der Waals surface area contributed by atoms with Gasteiger partial charge in [-0.1, -0.05) is 31.5 Å². The van der Waals surface area contributed by atoms with Gasteiger partial charge in [0.05, 0.1) is 0 Å². The lowest BCUT2D eigenvalue weighted by Gasteiger charge is -2.03. The molecule has 0 atom stereocenters. The molecule has 2 aromatic carbocycles. The van der Waals surface area contributed by atoms with E-state index in [4.69, 9.17) is 4.42 Å². The number of rotatable bonds is 5. The van der Waals surface area contributed by atoms with Crippen molar-refractivity contribution in [2.45, 2.75) is 33.1 Å². The number of benzene rings is 2. The number of aryl methyl sites for hydroxylation is 1. The lowest BCUT2D eigenvalue weighted by atomic mass is 10.1. The number of unbranched alkanes of at least 4 members (excludes halogenated alkanes) is 1. The van der Waals surface area contributed by atoms with Crippen molar-refractivity contribution < 1.29 is 9.21 Å². The molecule has 118 valence electrons. The highest BCUT2D eigenvalue weighted by Crippen LogP contribution is 2.28. The van der Waals surface area contributed by atoms with Gasteiger partial charge in [0.15, 0.2) is 5.58 Å². The molecule has 0 radical (unpaired) electrons. The average molecular weight is 308 g/mol. The monoisotopic (exact) mass is 308 g/mol. The number of hydrogen-bond acceptors (Lipinski definition) is 3. The Morgan fingerprint density at radius 3 is 2.83 bits per heavy atom. The Morgan fingerprint density at radius 2 is 2.04 bits per heavy atom. The summed E-state index contributed by atoms with van der Waals surface area (Å²) in [5, 5.41) is 2.91. The highest BCUT2D eigenvalue weighted by atomic mass is 16.3. The Balaban J connectivity index is 1.86. The quantitative estimate of drug-likeness (QED) is 0.727. The molecule has 0 saturated carbocycles. The van der Waals surface area contributed by atoms with Crippen LogP contribution in [0.15, 0.2) is 46.9 Å². The first kappa shape index (κ1) is 15.3. The van der Waals surface area contributed by atoms with E-state index < -0.39 is 0 Å². The van der Waals surface area contributed by atoms with E-state index in [9.17, 15) is 4.79 Å². The van der Waals surface area contributed by atoms with E-state index in [0.717, 1.165) is 40.8 Å². The Kier molecular flexibility index (Phi) is 4.42. The third-order valence-electron chi connectivity index (χ3n) is 3.80. The number of fused-ring (bicyclic) bond motifs is 1. The van der Waals surface area contributed by atoms with Crippen LogP contribution in [0.5, 0.6) is 0 Å². The number of carbonyl (C=O) groups excluding carboxylic acids is 1. The molecule has 4 nitrogen and oxygen atoms in total. The van der Waals surface area contributed by atoms with Crippen LogP contribution in [0.2, 0.25) is 0 Å². The molecule has 0 fully saturated rings. The molecule has 0 aliphatic heterocycles. The van der Waals surface area contributed by atoms with Crippen LogP contribution < -0.4 is 5.32 Å². The minimum atomic E-state index is 0.0359. The Hall–Kier alpha value is -2.62. The van der Waals surface area contributed by atoms with E-state index in [1.54, 1.807) is 0 Å². The largest absolute Gasteiger partial charge is 0.436 e. The van der Waals surface area contributed by atoms with Crippen molar-refractivity contribution in [1.82, 2.24) is 4.98 Å². The summed E-state index contributed by atoms with van der Waals surface area (Å²) < 4.78 is 5.84. The van der Waals surface area contributed by atoms with Gasteiger partial charge in [-0.2, -0.15) is 0 Å². The zero-order valence-corrected chi connectivity index (χ0v) is 13.4. The molecule has 0 aliphatic carbocycles. The van der Waals surface area contributed by atoms with Crippen molar-refractivity contribution in [3.63, 3.8) is 0 Å². The summed E-state index contributed by atoms with van der Waals surface area (Å²) in [7, 11) is 0. The summed E-state index contributed by atoms with van der Waals surface area (Å²) >= 11 is 0. The van der Waals surface area contributed by atoms with Gasteiger partial charge in [-0.25, -0.2) is 4.98 Å². The number of anilines is 1. The number of nitrogens with one attached hydrogen (secondary N) is 1. The maximum Gasteiger partial charge on any atom is 0.227 e. The van der Waals surface area contributed by atoms with Crippen LogP contribution in [0.3, 0.4) is 0 Å². The van der Waals surface area contributed by atoms with Crippen LogP contribution in [0.25, 0.3) is 22.6 Å². The normalized spacial score (nSPS) is 10.9. The topological polar surface area (TPSA) is 55.1 Å². The molecule has 1 amide bonds. The molecule has 3 rings (SSSR count). The predicted octanol–water partition coefficient (Wildman–Crippen LogP) is 4.93. The van der Waals surface area contributed by atoms with Gasteiger partial charge in [0.2, 0.25) is 11.8 Å². The van der Waals surface area contributed by atoms with Crippen LogP contribution >= 0.6 is 0 Å². The first-order valence-electron chi connectivity index (χ1n) is 7.94. The number of nitrogens with zero attached hydrogens (tertiary/aromatic N) is 1. The van der Waals surface area contributed by atoms with Gasteiger partial charge in [0.25, 0.3) is 0 Å². The fourth-order valence-corrected chi connectivity index (χ4v) is 2.49. The third kappa shape index (κ3) is 3.42. The number of hydrogen-bond donors (Lipinski definition) is 1. The van der Waals surface area contributed by atoms with Gasteiger partial charge in [0.1, 0.15) is 5.52 Å². The van der Waals surface area contributed by atoms with Crippen LogP contribution in [0.4, 0.5) is 5.69 Å². The van der Waals surface area contributed by atoms with Crippen LogP contribution in [-0.4, -0.2) is 10.9 Å². The van der Waals surface area contributed by atoms with Gasteiger partial charge in [-0.3, -0.25) is 4.79 Å². The van der Waals surface area contributed by atoms with E-state index in [1.807, 2.05) is 49.4 Å². The van der Waals surface area contributed by atoms with Crippen molar-refractivity contribution in [2.24, 2.45) is 0 Å². The second kappa shape index (κ2) is 6.65. The number of amides is 1. The molecule has 1 N–H and O–H groups in total. The zero-order chi connectivity index (χ0) is 16.2. The van der Waals surface area contributed by atoms with Crippen LogP contribution in [0, 0.1) is 6.92 Å². The highest BCUT2D eigenvalue weighted by molar-refractivity contribution is 5.93. The molecule has 0 aliphatic rings. The minimum absolute atomic E-state index is 0.0359. The van der Waals surface area contributed by atoms with E-state index in [-0.39, 0.29) is 5.91 Å². The fourth-order valence-electron chi connectivity index (χ4n) is 2.49. The lowest BCUT2D eigenvalue weighted by Crippen LogP contribution is -2.10. The molecule has 3 aromatic rings. The van der Waals surface area contributed by atoms with Crippen molar-refractivity contribution >= 4 is 22.7 Å². The van der Waals surface area contributed by atoms with Gasteiger partial charge in [-0.05, 0) is 43.2 Å². The molecule has 0 unspecified atom stereocenters. The summed E-state index contributed by atoms with van der Waals surface area (Å²) in [6.07, 6.45) is 2.45. The Labute approximate surface area is 135 Å². The maximum atomic E-state index is 11.8. The van der Waals surface area contributed by atoms with Crippen molar-refractivity contribution in [1.29, 1.82) is 0 Å². The summed E-state index contributed by atoms with van der Waals surface area (Å²) in [5.74, 6) is 0.640. The van der Waals surface area contributed by atoms with E-state index >= 15 is 0 Å². The first-order valence-corrected chi connectivity index (χ1v) is 7.94. The molecule has 0 spiro atoms. The standard InChI is InChI=1S/C19H20N2O2/c1-3-4-9-18(22)20-14-10-11-17-16(12-14)21-19(23-17)15-8-6-5-7-13(15)2/h5-8,10-12H,3-4,9H2,1-2H3,(H,20,22). The third-order valence-corrected chi connectivity index (χ3v) is 3.80. The smallest absolute Gasteiger partial charge is 0.227 e. The van der Waals surface area contributed by atoms with Gasteiger partial charge >= 0.3 is 0 Å². The summed E-state index contributed by atoms with van der Waals surface area (Å²) in [5.41, 5.74) is 4.32. The highest BCUT2D eigenvalue weighted by Gasteiger charge is 2.11. The first-order chi connectivity index (χ1) is 11.2. The van der Waals surface area contributed by atoms with Crippen molar-refractivity contribution in [3.8, 4) is 11.5 Å². The summed E-state index contributed by atoms with van der Waals surface area (Å²) in [6.45, 7) is 4.10. The predicted molar refractivity (Wildman–Crippen MR) is 92.3 cm³/mol. The molecule has 1 aromatic heterocycles. The summed E-state index contributed by atoms with van der Waals surface area (Å²) in [4.78, 5) is 16.4. The number of carbonyl (C=O) groups is 1.